The number of carbonyl (C=O) groups is 2. The molecule has 110 valence electrons. The second kappa shape index (κ2) is 7.51. The molecule has 1 saturated heterocycles. The SMILES string of the molecule is CCCN(CCC)C(=O)C1CC(=O)N(CC(C)C)C1. The maximum atomic E-state index is 12.4. The van der Waals surface area contributed by atoms with Gasteiger partial charge in [-0.1, -0.05) is 27.7 Å². The minimum absolute atomic E-state index is 0.121. The van der Waals surface area contributed by atoms with Crippen LogP contribution in [0.3, 0.4) is 0 Å². The molecule has 1 unspecified atom stereocenters. The summed E-state index contributed by atoms with van der Waals surface area (Å²) in [5, 5.41) is 0. The molecule has 1 fully saturated rings. The largest absolute Gasteiger partial charge is 0.342 e. The zero-order valence-corrected chi connectivity index (χ0v) is 12.8. The molecule has 0 aromatic rings. The Balaban J connectivity index is 2.60. The van der Waals surface area contributed by atoms with E-state index in [1.807, 2.05) is 9.80 Å². The van der Waals surface area contributed by atoms with E-state index < -0.39 is 0 Å². The Morgan fingerprint density at radius 3 is 2.37 bits per heavy atom. The molecule has 0 N–H and O–H groups in total. The lowest BCUT2D eigenvalue weighted by molar-refractivity contribution is -0.136. The Hall–Kier alpha value is -1.06. The molecule has 0 aromatic carbocycles. The van der Waals surface area contributed by atoms with E-state index in [1.165, 1.54) is 0 Å². The summed E-state index contributed by atoms with van der Waals surface area (Å²) in [4.78, 5) is 28.1. The van der Waals surface area contributed by atoms with Crippen molar-refractivity contribution >= 4 is 11.8 Å². The maximum absolute atomic E-state index is 12.4. The number of hydrogen-bond acceptors (Lipinski definition) is 2. The van der Waals surface area contributed by atoms with Crippen molar-refractivity contribution in [3.63, 3.8) is 0 Å². The van der Waals surface area contributed by atoms with Crippen LogP contribution in [0.2, 0.25) is 0 Å². The number of carbonyl (C=O) groups excluding carboxylic acids is 2. The van der Waals surface area contributed by atoms with Crippen LogP contribution >= 0.6 is 0 Å². The zero-order chi connectivity index (χ0) is 14.4. The van der Waals surface area contributed by atoms with Crippen molar-refractivity contribution in [2.75, 3.05) is 26.2 Å². The number of likely N-dealkylation sites (tertiary alicyclic amines) is 1. The van der Waals surface area contributed by atoms with E-state index in [0.29, 0.717) is 18.9 Å². The second-order valence-electron chi connectivity index (χ2n) is 5.92. The first-order chi connectivity index (χ1) is 8.99. The third kappa shape index (κ3) is 4.51. The molecule has 1 atom stereocenters. The first kappa shape index (κ1) is 16.0. The Bertz CT molecular complexity index is 309. The summed E-state index contributed by atoms with van der Waals surface area (Å²) in [6.07, 6.45) is 2.35. The highest BCUT2D eigenvalue weighted by molar-refractivity contribution is 5.89. The molecule has 4 nitrogen and oxygen atoms in total. The smallest absolute Gasteiger partial charge is 0.227 e. The molecule has 0 aliphatic carbocycles. The molecule has 0 spiro atoms. The molecular weight excluding hydrogens is 240 g/mol. The molecule has 1 aliphatic heterocycles. The van der Waals surface area contributed by atoms with Crippen LogP contribution in [-0.2, 0) is 9.59 Å². The normalized spacial score (nSPS) is 19.3. The average Bonchev–Trinajstić information content (AvgIpc) is 2.69. The predicted octanol–water partition coefficient (Wildman–Crippen LogP) is 2.14. The lowest BCUT2D eigenvalue weighted by atomic mass is 10.1. The molecule has 1 aliphatic rings. The van der Waals surface area contributed by atoms with Gasteiger partial charge in [0.15, 0.2) is 0 Å². The minimum Gasteiger partial charge on any atom is -0.342 e. The van der Waals surface area contributed by atoms with Crippen molar-refractivity contribution in [2.24, 2.45) is 11.8 Å². The van der Waals surface area contributed by atoms with E-state index >= 15 is 0 Å². The molecule has 0 radical (unpaired) electrons. The first-order valence-electron chi connectivity index (χ1n) is 7.56. The zero-order valence-electron chi connectivity index (χ0n) is 12.8. The van der Waals surface area contributed by atoms with Crippen LogP contribution in [0.15, 0.2) is 0 Å². The third-order valence-electron chi connectivity index (χ3n) is 3.45. The Morgan fingerprint density at radius 1 is 1.32 bits per heavy atom. The number of amides is 2. The summed E-state index contributed by atoms with van der Waals surface area (Å²) in [5.74, 6) is 0.646. The van der Waals surface area contributed by atoms with E-state index in [9.17, 15) is 9.59 Å². The molecule has 0 saturated carbocycles. The Kier molecular flexibility index (Phi) is 6.32. The summed E-state index contributed by atoms with van der Waals surface area (Å²) in [6.45, 7) is 11.4. The van der Waals surface area contributed by atoms with Gasteiger partial charge in [0.1, 0.15) is 0 Å². The van der Waals surface area contributed by atoms with Crippen LogP contribution in [0.1, 0.15) is 47.0 Å². The van der Waals surface area contributed by atoms with Crippen molar-refractivity contribution in [1.82, 2.24) is 9.80 Å². The number of hydrogen-bond donors (Lipinski definition) is 0. The highest BCUT2D eigenvalue weighted by Crippen LogP contribution is 2.21. The Morgan fingerprint density at radius 2 is 1.89 bits per heavy atom. The van der Waals surface area contributed by atoms with E-state index in [4.69, 9.17) is 0 Å². The molecule has 0 aromatic heterocycles. The van der Waals surface area contributed by atoms with Gasteiger partial charge >= 0.3 is 0 Å². The van der Waals surface area contributed by atoms with Crippen LogP contribution < -0.4 is 0 Å². The highest BCUT2D eigenvalue weighted by atomic mass is 16.2. The van der Waals surface area contributed by atoms with Gasteiger partial charge in [0.05, 0.1) is 5.92 Å². The minimum atomic E-state index is -0.121. The monoisotopic (exact) mass is 268 g/mol. The summed E-state index contributed by atoms with van der Waals surface area (Å²) < 4.78 is 0. The molecule has 19 heavy (non-hydrogen) atoms. The molecule has 4 heteroatoms. The van der Waals surface area contributed by atoms with E-state index in [-0.39, 0.29) is 17.7 Å². The van der Waals surface area contributed by atoms with Crippen molar-refractivity contribution in [3.05, 3.63) is 0 Å². The Labute approximate surface area is 117 Å². The topological polar surface area (TPSA) is 40.6 Å². The van der Waals surface area contributed by atoms with Gasteiger partial charge in [-0.2, -0.15) is 0 Å². The van der Waals surface area contributed by atoms with Gasteiger partial charge in [0.25, 0.3) is 0 Å². The quantitative estimate of drug-likeness (QED) is 0.710. The van der Waals surface area contributed by atoms with Crippen molar-refractivity contribution in [3.8, 4) is 0 Å². The number of rotatable bonds is 7. The van der Waals surface area contributed by atoms with Gasteiger partial charge in [-0.25, -0.2) is 0 Å². The lowest BCUT2D eigenvalue weighted by Gasteiger charge is -2.25. The van der Waals surface area contributed by atoms with Gasteiger partial charge in [-0.3, -0.25) is 9.59 Å². The average molecular weight is 268 g/mol. The van der Waals surface area contributed by atoms with Crippen LogP contribution in [0.25, 0.3) is 0 Å². The fourth-order valence-electron chi connectivity index (χ4n) is 2.69. The molecule has 2 amide bonds. The summed E-state index contributed by atoms with van der Waals surface area (Å²) in [5.41, 5.74) is 0. The van der Waals surface area contributed by atoms with E-state index in [0.717, 1.165) is 32.5 Å². The van der Waals surface area contributed by atoms with Gasteiger partial charge in [-0.05, 0) is 18.8 Å². The summed E-state index contributed by atoms with van der Waals surface area (Å²) >= 11 is 0. The summed E-state index contributed by atoms with van der Waals surface area (Å²) in [7, 11) is 0. The van der Waals surface area contributed by atoms with Crippen LogP contribution in [0.5, 0.6) is 0 Å². The summed E-state index contributed by atoms with van der Waals surface area (Å²) in [6, 6.07) is 0. The molecule has 0 bridgehead atoms. The van der Waals surface area contributed by atoms with Crippen LogP contribution in [-0.4, -0.2) is 47.8 Å². The van der Waals surface area contributed by atoms with Gasteiger partial charge < -0.3 is 9.80 Å². The maximum Gasteiger partial charge on any atom is 0.227 e. The van der Waals surface area contributed by atoms with E-state index in [2.05, 4.69) is 27.7 Å². The number of nitrogens with zero attached hydrogens (tertiary/aromatic N) is 2. The van der Waals surface area contributed by atoms with Crippen LogP contribution in [0.4, 0.5) is 0 Å². The first-order valence-corrected chi connectivity index (χ1v) is 7.56. The fourth-order valence-corrected chi connectivity index (χ4v) is 2.69. The third-order valence-corrected chi connectivity index (χ3v) is 3.45. The lowest BCUT2D eigenvalue weighted by Crippen LogP contribution is -2.38. The van der Waals surface area contributed by atoms with Crippen molar-refractivity contribution in [1.29, 1.82) is 0 Å². The van der Waals surface area contributed by atoms with Crippen molar-refractivity contribution < 1.29 is 9.59 Å². The molecular formula is C15H28N2O2. The van der Waals surface area contributed by atoms with Crippen molar-refractivity contribution in [2.45, 2.75) is 47.0 Å². The van der Waals surface area contributed by atoms with E-state index in [1.54, 1.807) is 0 Å². The van der Waals surface area contributed by atoms with Gasteiger partial charge in [-0.15, -0.1) is 0 Å². The van der Waals surface area contributed by atoms with Gasteiger partial charge in [0.2, 0.25) is 11.8 Å². The van der Waals surface area contributed by atoms with Gasteiger partial charge in [0, 0.05) is 32.6 Å². The molecule has 1 heterocycles. The molecule has 1 rings (SSSR count). The van der Waals surface area contributed by atoms with Crippen LogP contribution in [0, 0.1) is 11.8 Å². The standard InChI is InChI=1S/C15H28N2O2/c1-5-7-16(8-6-2)15(19)13-9-14(18)17(11-13)10-12(3)4/h12-13H,5-11H2,1-4H3. The predicted molar refractivity (Wildman–Crippen MR) is 76.7 cm³/mol. The second-order valence-corrected chi connectivity index (χ2v) is 5.92. The fraction of sp³-hybridized carbons (Fsp3) is 0.867. The highest BCUT2D eigenvalue weighted by Gasteiger charge is 2.36.